The molecule has 1 saturated heterocycles. The third-order valence-electron chi connectivity index (χ3n) is 2.87. The fourth-order valence-corrected chi connectivity index (χ4v) is 1.88. The molecule has 94 valence electrons. The summed E-state index contributed by atoms with van der Waals surface area (Å²) in [6.07, 6.45) is -0.780. The molecule has 1 rings (SSSR count). The van der Waals surface area contributed by atoms with Gasteiger partial charge in [0.2, 0.25) is 0 Å². The summed E-state index contributed by atoms with van der Waals surface area (Å²) in [6, 6.07) is -0.119. The van der Waals surface area contributed by atoms with Crippen LogP contribution in [0.15, 0.2) is 0 Å². The molecular weight excluding hydrogens is 210 g/mol. The van der Waals surface area contributed by atoms with E-state index in [9.17, 15) is 15.0 Å². The Morgan fingerprint density at radius 2 is 1.94 bits per heavy atom. The van der Waals surface area contributed by atoms with Crippen molar-refractivity contribution < 1.29 is 15.0 Å². The van der Waals surface area contributed by atoms with Gasteiger partial charge in [0.05, 0.1) is 0 Å². The predicted octanol–water partition coefficient (Wildman–Crippen LogP) is -0.910. The van der Waals surface area contributed by atoms with E-state index in [0.717, 1.165) is 0 Å². The molecule has 16 heavy (non-hydrogen) atoms. The Bertz CT molecular complexity index is 264. The number of nitrogens with one attached hydrogen (secondary N) is 1. The van der Waals surface area contributed by atoms with Crippen molar-refractivity contribution >= 4 is 5.91 Å². The lowest BCUT2D eigenvalue weighted by molar-refractivity contribution is -0.199. The molecule has 0 bridgehead atoms. The van der Waals surface area contributed by atoms with Crippen LogP contribution in [0.25, 0.3) is 0 Å². The molecule has 1 amide bonds. The third kappa shape index (κ3) is 2.06. The molecule has 1 fully saturated rings. The van der Waals surface area contributed by atoms with Gasteiger partial charge in [0.15, 0.2) is 0 Å². The van der Waals surface area contributed by atoms with E-state index < -0.39 is 17.9 Å². The maximum absolute atomic E-state index is 11.8. The second kappa shape index (κ2) is 4.67. The largest absolute Gasteiger partial charge is 0.356 e. The summed E-state index contributed by atoms with van der Waals surface area (Å²) in [5.74, 6) is -3.05. The van der Waals surface area contributed by atoms with Crippen LogP contribution in [0.5, 0.6) is 0 Å². The molecule has 1 aliphatic heterocycles. The van der Waals surface area contributed by atoms with E-state index in [2.05, 4.69) is 5.43 Å². The Balaban J connectivity index is 2.92. The van der Waals surface area contributed by atoms with E-state index in [1.807, 2.05) is 27.7 Å². The highest BCUT2D eigenvalue weighted by atomic mass is 16.5. The Hall–Kier alpha value is -0.690. The van der Waals surface area contributed by atoms with Gasteiger partial charge in [-0.3, -0.25) is 14.7 Å². The van der Waals surface area contributed by atoms with Crippen molar-refractivity contribution in [2.24, 2.45) is 0 Å². The van der Waals surface area contributed by atoms with Crippen molar-refractivity contribution in [3.8, 4) is 0 Å². The molecule has 0 aromatic rings. The summed E-state index contributed by atoms with van der Waals surface area (Å²) in [6.45, 7) is 8.71. The van der Waals surface area contributed by atoms with Gasteiger partial charge in [0, 0.05) is 6.04 Å². The molecule has 0 aromatic heterocycles. The summed E-state index contributed by atoms with van der Waals surface area (Å²) in [7, 11) is 0. The highest BCUT2D eigenvalue weighted by Crippen LogP contribution is 2.22. The number of rotatable bonds is 4. The average Bonchev–Trinajstić information content (AvgIpc) is 2.43. The lowest BCUT2D eigenvalue weighted by atomic mass is 10.2. The van der Waals surface area contributed by atoms with E-state index in [0.29, 0.717) is 13.1 Å². The summed E-state index contributed by atoms with van der Waals surface area (Å²) < 4.78 is 0. The van der Waals surface area contributed by atoms with Crippen LogP contribution in [-0.4, -0.2) is 57.1 Å². The first-order valence-electron chi connectivity index (χ1n) is 5.64. The molecule has 6 nitrogen and oxygen atoms in total. The highest BCUT2D eigenvalue weighted by Gasteiger charge is 2.54. The van der Waals surface area contributed by atoms with Gasteiger partial charge in [-0.25, -0.2) is 5.43 Å². The zero-order valence-electron chi connectivity index (χ0n) is 10.3. The second-order valence-corrected chi connectivity index (χ2v) is 4.25. The van der Waals surface area contributed by atoms with Crippen LogP contribution in [-0.2, 0) is 4.79 Å². The number of hydrogen-bond acceptors (Lipinski definition) is 5. The van der Waals surface area contributed by atoms with Crippen LogP contribution in [0.2, 0.25) is 0 Å². The molecule has 0 aromatic carbocycles. The summed E-state index contributed by atoms with van der Waals surface area (Å²) in [4.78, 5) is 13.5. The molecule has 0 saturated carbocycles. The Morgan fingerprint density at radius 1 is 1.44 bits per heavy atom. The number of aliphatic hydroxyl groups is 2. The quantitative estimate of drug-likeness (QED) is 0.546. The van der Waals surface area contributed by atoms with Gasteiger partial charge in [-0.05, 0) is 26.9 Å². The topological polar surface area (TPSA) is 76.0 Å². The van der Waals surface area contributed by atoms with Crippen LogP contribution < -0.4 is 5.43 Å². The van der Waals surface area contributed by atoms with Crippen molar-refractivity contribution in [1.29, 1.82) is 0 Å². The van der Waals surface area contributed by atoms with Gasteiger partial charge in [-0.2, -0.15) is 0 Å². The van der Waals surface area contributed by atoms with E-state index in [4.69, 9.17) is 0 Å². The smallest absolute Gasteiger partial charge is 0.300 e. The van der Waals surface area contributed by atoms with Gasteiger partial charge in [-0.15, -0.1) is 0 Å². The zero-order valence-corrected chi connectivity index (χ0v) is 10.3. The van der Waals surface area contributed by atoms with Gasteiger partial charge in [0.1, 0.15) is 6.17 Å². The monoisotopic (exact) mass is 231 g/mol. The van der Waals surface area contributed by atoms with E-state index >= 15 is 0 Å². The average molecular weight is 231 g/mol. The number of likely N-dealkylation sites (N-methyl/N-ethyl adjacent to an activating group) is 1. The molecule has 0 radical (unpaired) electrons. The van der Waals surface area contributed by atoms with Crippen LogP contribution >= 0.6 is 0 Å². The van der Waals surface area contributed by atoms with E-state index in [-0.39, 0.29) is 6.04 Å². The fourth-order valence-electron chi connectivity index (χ4n) is 1.88. The molecule has 0 aliphatic carbocycles. The van der Waals surface area contributed by atoms with Crippen LogP contribution in [0.3, 0.4) is 0 Å². The van der Waals surface area contributed by atoms with Crippen molar-refractivity contribution in [3.05, 3.63) is 0 Å². The molecule has 0 spiro atoms. The second-order valence-electron chi connectivity index (χ2n) is 4.25. The first-order chi connectivity index (χ1) is 7.36. The summed E-state index contributed by atoms with van der Waals surface area (Å²) in [5, 5.41) is 20.9. The Labute approximate surface area is 95.8 Å². The highest BCUT2D eigenvalue weighted by molar-refractivity contribution is 5.85. The number of amides is 1. The van der Waals surface area contributed by atoms with Gasteiger partial charge < -0.3 is 10.2 Å². The van der Waals surface area contributed by atoms with Crippen LogP contribution in [0.1, 0.15) is 27.7 Å². The molecule has 1 aliphatic rings. The normalized spacial score (nSPS) is 24.9. The number of hydrogen-bond donors (Lipinski definition) is 3. The third-order valence-corrected chi connectivity index (χ3v) is 2.87. The SMILES string of the molecule is CCN(CC)C1NN(C(C)C)C(=O)C1(O)O. The maximum Gasteiger partial charge on any atom is 0.300 e. The van der Waals surface area contributed by atoms with Crippen LogP contribution in [0, 0.1) is 0 Å². The van der Waals surface area contributed by atoms with Crippen molar-refractivity contribution in [2.45, 2.75) is 45.7 Å². The molecule has 1 heterocycles. The number of nitrogens with zero attached hydrogens (tertiary/aromatic N) is 2. The predicted molar refractivity (Wildman–Crippen MR) is 59.0 cm³/mol. The van der Waals surface area contributed by atoms with Crippen molar-refractivity contribution in [1.82, 2.24) is 15.3 Å². The standard InChI is InChI=1S/C10H21N3O3/c1-5-12(6-2)8-10(15,16)9(14)13(11-8)7(3)4/h7-8,11,15-16H,5-6H2,1-4H3. The van der Waals surface area contributed by atoms with E-state index in [1.54, 1.807) is 4.90 Å². The first-order valence-corrected chi connectivity index (χ1v) is 5.64. The van der Waals surface area contributed by atoms with Gasteiger partial charge >= 0.3 is 0 Å². The zero-order chi connectivity index (χ0) is 12.5. The van der Waals surface area contributed by atoms with E-state index in [1.165, 1.54) is 5.01 Å². The number of carbonyl (C=O) groups excluding carboxylic acids is 1. The first kappa shape index (κ1) is 13.4. The lowest BCUT2D eigenvalue weighted by Gasteiger charge is -2.30. The van der Waals surface area contributed by atoms with Gasteiger partial charge in [-0.1, -0.05) is 13.8 Å². The minimum absolute atomic E-state index is 0.119. The number of hydrazine groups is 1. The Morgan fingerprint density at radius 3 is 2.25 bits per heavy atom. The summed E-state index contributed by atoms with van der Waals surface area (Å²) in [5.41, 5.74) is 2.84. The van der Waals surface area contributed by atoms with Crippen molar-refractivity contribution in [2.75, 3.05) is 13.1 Å². The molecular formula is C10H21N3O3. The van der Waals surface area contributed by atoms with Crippen molar-refractivity contribution in [3.63, 3.8) is 0 Å². The molecule has 1 unspecified atom stereocenters. The summed E-state index contributed by atoms with van der Waals surface area (Å²) >= 11 is 0. The van der Waals surface area contributed by atoms with Crippen LogP contribution in [0.4, 0.5) is 0 Å². The molecule has 1 atom stereocenters. The fraction of sp³-hybridized carbons (Fsp3) is 0.900. The minimum atomic E-state index is -2.35. The molecule has 3 N–H and O–H groups in total. The number of carbonyl (C=O) groups is 1. The van der Waals surface area contributed by atoms with Gasteiger partial charge in [0.25, 0.3) is 11.7 Å². The lowest BCUT2D eigenvalue weighted by Crippen LogP contribution is -2.56. The molecule has 6 heteroatoms. The minimum Gasteiger partial charge on any atom is -0.356 e. The maximum atomic E-state index is 11.8. The Kier molecular flexibility index (Phi) is 3.90.